The Labute approximate surface area is 228 Å². The summed E-state index contributed by atoms with van der Waals surface area (Å²) in [6, 6.07) is 2.97. The highest BCUT2D eigenvalue weighted by Gasteiger charge is 2.50. The van der Waals surface area contributed by atoms with E-state index in [9.17, 15) is 22.8 Å². The number of carbonyl (C=O) groups is 2. The zero-order chi connectivity index (χ0) is 28.6. The Morgan fingerprint density at radius 2 is 1.87 bits per heavy atom. The maximum Gasteiger partial charge on any atom is 0.416 e. The summed E-state index contributed by atoms with van der Waals surface area (Å²) in [6.45, 7) is 10.2. The second-order valence-electron chi connectivity index (χ2n) is 10.1. The molecular formula is C29H38F3N3O4. The van der Waals surface area contributed by atoms with E-state index in [4.69, 9.17) is 9.47 Å². The van der Waals surface area contributed by atoms with Gasteiger partial charge in [-0.15, -0.1) is 0 Å². The molecule has 2 fully saturated rings. The number of hydrogen-bond donors (Lipinski definition) is 2. The molecule has 1 aliphatic heterocycles. The number of benzene rings is 1. The number of amides is 2. The van der Waals surface area contributed by atoms with Crippen LogP contribution in [0.25, 0.3) is 0 Å². The molecule has 2 N–H and O–H groups in total. The van der Waals surface area contributed by atoms with Gasteiger partial charge in [0.05, 0.1) is 25.9 Å². The van der Waals surface area contributed by atoms with E-state index < -0.39 is 23.7 Å². The minimum absolute atomic E-state index is 0.0396. The lowest BCUT2D eigenvalue weighted by molar-refractivity contribution is -0.137. The molecule has 1 aromatic rings. The molecule has 1 saturated carbocycles. The maximum atomic E-state index is 13.0. The van der Waals surface area contributed by atoms with Crippen LogP contribution < -0.4 is 10.6 Å². The van der Waals surface area contributed by atoms with Gasteiger partial charge in [-0.05, 0) is 69.5 Å². The highest BCUT2D eigenvalue weighted by Crippen LogP contribution is 2.47. The lowest BCUT2D eigenvalue weighted by Gasteiger charge is -2.24. The highest BCUT2D eigenvalue weighted by atomic mass is 19.4. The van der Waals surface area contributed by atoms with Crippen molar-refractivity contribution in [2.24, 2.45) is 5.92 Å². The minimum atomic E-state index is -4.49. The molecule has 7 nitrogen and oxygen atoms in total. The molecule has 2 aliphatic rings. The molecule has 3 rings (SSSR count). The van der Waals surface area contributed by atoms with Crippen molar-refractivity contribution in [3.63, 3.8) is 0 Å². The van der Waals surface area contributed by atoms with Gasteiger partial charge in [-0.3, -0.25) is 9.59 Å². The van der Waals surface area contributed by atoms with E-state index in [2.05, 4.69) is 24.1 Å². The van der Waals surface area contributed by atoms with Gasteiger partial charge in [0, 0.05) is 36.7 Å². The molecule has 3 atom stereocenters. The van der Waals surface area contributed by atoms with Crippen molar-refractivity contribution in [1.29, 1.82) is 0 Å². The van der Waals surface area contributed by atoms with E-state index in [0.29, 0.717) is 26.2 Å². The van der Waals surface area contributed by atoms with Crippen LogP contribution in [-0.4, -0.2) is 68.3 Å². The molecule has 1 heterocycles. The number of carbonyl (C=O) groups excluding carboxylic acids is 2. The van der Waals surface area contributed by atoms with Crippen LogP contribution in [0.1, 0.15) is 49.0 Å². The van der Waals surface area contributed by atoms with Gasteiger partial charge in [0.1, 0.15) is 11.8 Å². The number of likely N-dealkylation sites (tertiary alicyclic amines) is 1. The first kappa shape index (κ1) is 30.4. The number of nitrogens with one attached hydrogen (secondary N) is 2. The summed E-state index contributed by atoms with van der Waals surface area (Å²) in [5.74, 6) is 0.173. The van der Waals surface area contributed by atoms with Crippen LogP contribution in [0.3, 0.4) is 0 Å². The Kier molecular flexibility index (Phi) is 10.4. The Morgan fingerprint density at radius 1 is 1.21 bits per heavy atom. The minimum Gasteiger partial charge on any atom is -0.497 e. The summed E-state index contributed by atoms with van der Waals surface area (Å²) in [5, 5.41) is 6.13. The van der Waals surface area contributed by atoms with Crippen molar-refractivity contribution in [2.45, 2.75) is 50.9 Å². The van der Waals surface area contributed by atoms with Crippen LogP contribution in [0, 0.1) is 5.92 Å². The number of rotatable bonds is 13. The lowest BCUT2D eigenvalue weighted by atomic mass is 10.1. The zero-order valence-corrected chi connectivity index (χ0v) is 22.8. The number of hydrogen-bond acceptors (Lipinski definition) is 5. The summed E-state index contributed by atoms with van der Waals surface area (Å²) in [7, 11) is 1.62. The van der Waals surface area contributed by atoms with Gasteiger partial charge in [-0.25, -0.2) is 0 Å². The quantitative estimate of drug-likeness (QED) is 0.216. The summed E-state index contributed by atoms with van der Waals surface area (Å²) >= 11 is 0. The second kappa shape index (κ2) is 13.3. The molecule has 1 saturated heterocycles. The molecule has 2 amide bonds. The predicted octanol–water partition coefficient (Wildman–Crippen LogP) is 4.47. The number of halogens is 3. The second-order valence-corrected chi connectivity index (χ2v) is 10.1. The van der Waals surface area contributed by atoms with E-state index in [1.807, 2.05) is 25.2 Å². The van der Waals surface area contributed by atoms with Crippen molar-refractivity contribution in [3.05, 3.63) is 71.5 Å². The van der Waals surface area contributed by atoms with Crippen molar-refractivity contribution in [2.75, 3.05) is 40.0 Å². The first-order valence-electron chi connectivity index (χ1n) is 13.2. The lowest BCUT2D eigenvalue weighted by Crippen LogP contribution is -2.50. The molecule has 0 aromatic heterocycles. The van der Waals surface area contributed by atoms with Gasteiger partial charge in [0.15, 0.2) is 0 Å². The largest absolute Gasteiger partial charge is 0.497 e. The average Bonchev–Trinajstić information content (AvgIpc) is 3.30. The monoisotopic (exact) mass is 549 g/mol. The van der Waals surface area contributed by atoms with Crippen LogP contribution >= 0.6 is 0 Å². The van der Waals surface area contributed by atoms with Crippen molar-refractivity contribution in [3.8, 4) is 0 Å². The van der Waals surface area contributed by atoms with Crippen molar-refractivity contribution >= 4 is 11.8 Å². The topological polar surface area (TPSA) is 79.9 Å². The molecule has 39 heavy (non-hydrogen) atoms. The Bertz CT molecular complexity index is 1080. The molecule has 1 aliphatic carbocycles. The van der Waals surface area contributed by atoms with Gasteiger partial charge in [-0.2, -0.15) is 13.2 Å². The summed E-state index contributed by atoms with van der Waals surface area (Å²) < 4.78 is 49.6. The molecular weight excluding hydrogens is 511 g/mol. The van der Waals surface area contributed by atoms with E-state index in [0.717, 1.165) is 54.9 Å². The predicted molar refractivity (Wildman–Crippen MR) is 143 cm³/mol. The maximum absolute atomic E-state index is 13.0. The number of nitrogens with zero attached hydrogens (tertiary/aromatic N) is 1. The van der Waals surface area contributed by atoms with Crippen LogP contribution in [0.5, 0.6) is 0 Å². The molecule has 214 valence electrons. The SMILES string of the molecule is C=C(/C=C\C(=C/C)OC)[C@@H]1CC1(C)NCCOC[C@H](NC(=O)c1ccc(C(F)(F)F)cc1)C(=O)N1CCCC1. The number of ether oxygens (including phenoxy) is 2. The van der Waals surface area contributed by atoms with Gasteiger partial charge in [0.25, 0.3) is 5.91 Å². The third kappa shape index (κ3) is 8.44. The Hall–Kier alpha value is -3.11. The number of allylic oxidation sites excluding steroid dienone is 3. The van der Waals surface area contributed by atoms with Crippen LogP contribution in [-0.2, 0) is 20.4 Å². The average molecular weight is 550 g/mol. The molecule has 0 bridgehead atoms. The van der Waals surface area contributed by atoms with Gasteiger partial charge in [-0.1, -0.05) is 18.2 Å². The summed E-state index contributed by atoms with van der Waals surface area (Å²) in [5.41, 5.74) is 0.0981. The number of methoxy groups -OCH3 is 1. The van der Waals surface area contributed by atoms with E-state index in [-0.39, 0.29) is 29.5 Å². The highest BCUT2D eigenvalue weighted by molar-refractivity contribution is 5.97. The van der Waals surface area contributed by atoms with Crippen LogP contribution in [0.2, 0.25) is 0 Å². The summed E-state index contributed by atoms with van der Waals surface area (Å²) in [6.07, 6.45) is 3.94. The molecule has 0 radical (unpaired) electrons. The van der Waals surface area contributed by atoms with Crippen molar-refractivity contribution in [1.82, 2.24) is 15.5 Å². The van der Waals surface area contributed by atoms with Crippen LogP contribution in [0.15, 0.2) is 60.4 Å². The van der Waals surface area contributed by atoms with Crippen LogP contribution in [0.4, 0.5) is 13.2 Å². The van der Waals surface area contributed by atoms with Gasteiger partial charge < -0.3 is 25.0 Å². The summed E-state index contributed by atoms with van der Waals surface area (Å²) in [4.78, 5) is 27.5. The van der Waals surface area contributed by atoms with Gasteiger partial charge >= 0.3 is 6.18 Å². The zero-order valence-electron chi connectivity index (χ0n) is 22.8. The fourth-order valence-corrected chi connectivity index (χ4v) is 4.68. The normalized spacial score (nSPS) is 22.2. The molecule has 10 heteroatoms. The van der Waals surface area contributed by atoms with Crippen molar-refractivity contribution < 1.29 is 32.2 Å². The smallest absolute Gasteiger partial charge is 0.416 e. The third-order valence-corrected chi connectivity index (χ3v) is 7.22. The Balaban J connectivity index is 1.50. The van der Waals surface area contributed by atoms with E-state index in [1.54, 1.807) is 12.0 Å². The first-order chi connectivity index (χ1) is 18.5. The third-order valence-electron chi connectivity index (χ3n) is 7.22. The Morgan fingerprint density at radius 3 is 2.46 bits per heavy atom. The fraction of sp³-hybridized carbons (Fsp3) is 0.517. The first-order valence-corrected chi connectivity index (χ1v) is 13.2. The van der Waals surface area contributed by atoms with Gasteiger partial charge in [0.2, 0.25) is 5.91 Å². The fourth-order valence-electron chi connectivity index (χ4n) is 4.68. The molecule has 1 aromatic carbocycles. The number of alkyl halides is 3. The molecule has 1 unspecified atom stereocenters. The molecule has 0 spiro atoms. The van der Waals surface area contributed by atoms with E-state index >= 15 is 0 Å². The standard InChI is InChI=1S/C29H38F3N3O4/c1-5-23(38-4)13-8-20(2)24-18-28(24,3)33-14-17-39-19-25(27(37)35-15-6-7-16-35)34-26(36)21-9-11-22(12-10-21)29(30,31)32/h5,8-13,24-25,33H,2,6-7,14-19H2,1,3-4H3,(H,34,36)/b13-8-,23-5+/t24-,25-,28?/m0/s1. The van der Waals surface area contributed by atoms with E-state index in [1.165, 1.54) is 0 Å².